The van der Waals surface area contributed by atoms with Crippen LogP contribution in [0.5, 0.6) is 0 Å². The predicted octanol–water partition coefficient (Wildman–Crippen LogP) is 15.9. The highest BCUT2D eigenvalue weighted by atomic mass is 16.7. The lowest BCUT2D eigenvalue weighted by atomic mass is 9.97. The molecule has 0 aliphatic rings. The quantitative estimate of drug-likeness (QED) is 0.0193. The van der Waals surface area contributed by atoms with Gasteiger partial charge >= 0.3 is 17.9 Å². The highest BCUT2D eigenvalue weighted by Crippen LogP contribution is 2.22. The molecule has 0 fully saturated rings. The minimum Gasteiger partial charge on any atom is -0.463 e. The summed E-state index contributed by atoms with van der Waals surface area (Å²) in [6.45, 7) is 12.0. The Hall–Kier alpha value is -1.95. The van der Waals surface area contributed by atoms with Gasteiger partial charge in [-0.2, -0.15) is 0 Å². The molecular weight excluding hydrogens is 1070 g/mol. The summed E-state index contributed by atoms with van der Waals surface area (Å²) in [5, 5.41) is 43.1. The van der Waals surface area contributed by atoms with Crippen molar-refractivity contribution in [3.8, 4) is 0 Å². The van der Waals surface area contributed by atoms with E-state index in [2.05, 4.69) is 27.7 Å². The fraction of sp³-hybridized carbons (Fsp3) is 0.957. The molecule has 15 nitrogen and oxygen atoms in total. The number of carbonyl (C=O) groups is 3. The van der Waals surface area contributed by atoms with E-state index in [1.807, 2.05) is 0 Å². The van der Waals surface area contributed by atoms with Crippen LogP contribution in [0, 0.1) is 0 Å². The Bertz CT molecular complexity index is 1370. The van der Waals surface area contributed by atoms with E-state index in [-0.39, 0.29) is 69.8 Å². The molecule has 4 N–H and O–H groups in total. The summed E-state index contributed by atoms with van der Waals surface area (Å²) in [4.78, 5) is 37.0. The monoisotopic (exact) mass is 1200 g/mol. The van der Waals surface area contributed by atoms with Gasteiger partial charge in [-0.3, -0.25) is 14.4 Å². The Morgan fingerprint density at radius 3 is 1.00 bits per heavy atom. The third kappa shape index (κ3) is 59.0. The average molecular weight is 1200 g/mol. The smallest absolute Gasteiger partial charge is 0.306 e. The van der Waals surface area contributed by atoms with E-state index in [0.717, 1.165) is 135 Å². The van der Waals surface area contributed by atoms with E-state index in [0.29, 0.717) is 71.4 Å². The van der Waals surface area contributed by atoms with Crippen molar-refractivity contribution in [1.82, 2.24) is 0 Å². The van der Waals surface area contributed by atoms with Gasteiger partial charge in [0.25, 0.3) is 0 Å². The van der Waals surface area contributed by atoms with E-state index < -0.39 is 24.4 Å². The molecule has 0 amide bonds. The zero-order valence-electron chi connectivity index (χ0n) is 54.8. The Balaban J connectivity index is 3.83. The molecule has 0 aromatic rings. The molecule has 0 aromatic heterocycles. The zero-order chi connectivity index (χ0) is 61.5. The van der Waals surface area contributed by atoms with E-state index in [1.54, 1.807) is 0 Å². The number of esters is 3. The van der Waals surface area contributed by atoms with Crippen molar-refractivity contribution in [3.63, 3.8) is 0 Å². The Morgan fingerprint density at radius 2 is 0.583 bits per heavy atom. The molecule has 500 valence electrons. The lowest BCUT2D eigenvalue weighted by Crippen LogP contribution is -2.32. The van der Waals surface area contributed by atoms with Crippen molar-refractivity contribution in [3.05, 3.63) is 0 Å². The fourth-order valence-corrected chi connectivity index (χ4v) is 10.5. The Labute approximate surface area is 514 Å². The zero-order valence-corrected chi connectivity index (χ0v) is 54.8. The molecule has 0 radical (unpaired) electrons. The molecule has 0 bridgehead atoms. The van der Waals surface area contributed by atoms with Crippen LogP contribution in [0.15, 0.2) is 0 Å². The average Bonchev–Trinajstić information content (AvgIpc) is 3.54. The molecule has 0 aliphatic heterocycles. The molecule has 0 heterocycles. The minimum atomic E-state index is -0.933. The molecule has 15 heteroatoms. The molecule has 0 rings (SSSR count). The van der Waals surface area contributed by atoms with Crippen LogP contribution in [-0.2, 0) is 52.3 Å². The molecule has 0 aromatic carbocycles. The largest absolute Gasteiger partial charge is 0.463 e. The van der Waals surface area contributed by atoms with Gasteiger partial charge in [0.05, 0.1) is 70.2 Å². The van der Waals surface area contributed by atoms with Gasteiger partial charge in [0.1, 0.15) is 26.1 Å². The Morgan fingerprint density at radius 1 is 0.286 bits per heavy atom. The first-order chi connectivity index (χ1) is 41.1. The third-order valence-corrected chi connectivity index (χ3v) is 15.9. The third-order valence-electron chi connectivity index (χ3n) is 15.9. The van der Waals surface area contributed by atoms with Gasteiger partial charge in [-0.1, -0.05) is 233 Å². The normalized spacial score (nSPS) is 13.9. The summed E-state index contributed by atoms with van der Waals surface area (Å²) in [5.74, 6) is -0.679. The summed E-state index contributed by atoms with van der Waals surface area (Å²) >= 11 is 0. The van der Waals surface area contributed by atoms with Crippen molar-refractivity contribution in [1.29, 1.82) is 0 Å². The summed E-state index contributed by atoms with van der Waals surface area (Å²) in [5.41, 5.74) is 0. The highest BCUT2D eigenvalue weighted by molar-refractivity contribution is 5.70. The number of ether oxygens (including phenoxy) is 8. The topological polar surface area (TPSA) is 206 Å². The second-order valence-corrected chi connectivity index (χ2v) is 24.0. The van der Waals surface area contributed by atoms with Crippen LogP contribution in [0.25, 0.3) is 0 Å². The van der Waals surface area contributed by atoms with Gasteiger partial charge in [0, 0.05) is 38.7 Å². The van der Waals surface area contributed by atoms with Crippen LogP contribution >= 0.6 is 0 Å². The Kier molecular flexibility index (Phi) is 64.0. The van der Waals surface area contributed by atoms with Gasteiger partial charge in [-0.15, -0.1) is 0 Å². The number of aliphatic hydroxyl groups excluding tert-OH is 4. The van der Waals surface area contributed by atoms with E-state index in [4.69, 9.17) is 37.9 Å². The van der Waals surface area contributed by atoms with Crippen LogP contribution in [0.1, 0.15) is 323 Å². The van der Waals surface area contributed by atoms with Crippen molar-refractivity contribution >= 4 is 17.9 Å². The number of aliphatic hydroxyl groups is 4. The number of carbonyl (C=O) groups excluding carboxylic acids is 3. The van der Waals surface area contributed by atoms with Crippen LogP contribution in [0.3, 0.4) is 0 Å². The van der Waals surface area contributed by atoms with E-state index in [9.17, 15) is 34.8 Å². The molecule has 0 saturated carbocycles. The maximum atomic E-state index is 12.7. The predicted molar refractivity (Wildman–Crippen MR) is 339 cm³/mol. The summed E-state index contributed by atoms with van der Waals surface area (Å²) in [7, 11) is 0. The molecular formula is C69H134O15. The van der Waals surface area contributed by atoms with Gasteiger partial charge in [-0.25, -0.2) is 0 Å². The van der Waals surface area contributed by atoms with Crippen molar-refractivity contribution in [2.24, 2.45) is 0 Å². The number of rotatable bonds is 69. The van der Waals surface area contributed by atoms with Gasteiger partial charge < -0.3 is 58.3 Å². The van der Waals surface area contributed by atoms with Crippen molar-refractivity contribution in [2.45, 2.75) is 360 Å². The molecule has 84 heavy (non-hydrogen) atoms. The van der Waals surface area contributed by atoms with E-state index in [1.165, 1.54) is 116 Å². The molecule has 6 unspecified atom stereocenters. The van der Waals surface area contributed by atoms with Gasteiger partial charge in [-0.05, 0) is 57.8 Å². The molecule has 0 saturated heterocycles. The van der Waals surface area contributed by atoms with Crippen LogP contribution < -0.4 is 0 Å². The first kappa shape index (κ1) is 82.0. The maximum Gasteiger partial charge on any atom is 0.306 e. The summed E-state index contributed by atoms with van der Waals surface area (Å²) in [6.07, 6.45) is 42.1. The van der Waals surface area contributed by atoms with Gasteiger partial charge in [0.15, 0.2) is 0 Å². The first-order valence-corrected chi connectivity index (χ1v) is 35.2. The lowest BCUT2D eigenvalue weighted by molar-refractivity contribution is -0.152. The lowest BCUT2D eigenvalue weighted by Gasteiger charge is -2.24. The van der Waals surface area contributed by atoms with Crippen molar-refractivity contribution < 1.29 is 72.7 Å². The fourth-order valence-electron chi connectivity index (χ4n) is 10.5. The summed E-state index contributed by atoms with van der Waals surface area (Å²) < 4.78 is 44.5. The number of hydrogen-bond donors (Lipinski definition) is 4. The minimum absolute atomic E-state index is 0.00384. The number of unbranched alkanes of at least 4 members (excludes halogenated alkanes) is 31. The summed E-state index contributed by atoms with van der Waals surface area (Å²) in [6, 6.07) is 0. The molecule has 6 atom stereocenters. The highest BCUT2D eigenvalue weighted by Gasteiger charge is 2.24. The molecule has 0 aliphatic carbocycles. The van der Waals surface area contributed by atoms with Crippen LogP contribution in [-0.4, -0.2) is 141 Å². The van der Waals surface area contributed by atoms with Crippen LogP contribution in [0.2, 0.25) is 0 Å². The first-order valence-electron chi connectivity index (χ1n) is 35.2. The second-order valence-electron chi connectivity index (χ2n) is 24.0. The number of hydrogen-bond acceptors (Lipinski definition) is 15. The second kappa shape index (κ2) is 65.5. The van der Waals surface area contributed by atoms with E-state index >= 15 is 0 Å². The van der Waals surface area contributed by atoms with Crippen molar-refractivity contribution in [2.75, 3.05) is 66.3 Å². The van der Waals surface area contributed by atoms with Crippen LogP contribution in [0.4, 0.5) is 0 Å². The SMILES string of the molecule is CCCCCCCCCCCCOC(CCCCCC)CC(O)C(O)CCCCCCCC(=O)OCCOCCOCOCCOCCOC(=O)CCCCCCCC(O)C(O)CC(CCCCCC)OC(=O)CCCCCCCCCCC. The van der Waals surface area contributed by atoms with Gasteiger partial charge in [0.2, 0.25) is 0 Å². The standard InChI is InChI=1S/C69H134O15/c1-5-9-13-17-19-21-23-25-33-41-49-81-61(42-34-15-11-7-3)58-65(72)63(70)44-36-28-26-31-38-46-67(74)82-56-54-77-50-52-79-60-80-53-51-78-55-57-83-68(75)47-39-32-27-29-37-45-64(71)66(73)59-62(43-35-16-12-8-4)84-69(76)48-40-30-24-22-20-18-14-10-6-2/h61-66,70-73H,5-60H2,1-4H3. The molecule has 0 spiro atoms. The maximum absolute atomic E-state index is 12.7.